The molecule has 82 valence electrons. The normalized spacial score (nSPS) is 12.1. The molecule has 0 aromatic heterocycles. The number of nitrogens with zero attached hydrogens (tertiary/aromatic N) is 3. The van der Waals surface area contributed by atoms with Crippen LogP contribution in [0, 0.1) is 0 Å². The Balaban J connectivity index is 4.17. The molecule has 0 atom stereocenters. The summed E-state index contributed by atoms with van der Waals surface area (Å²) in [6.07, 6.45) is 0.819. The highest BCUT2D eigenvalue weighted by atomic mass is 32.3. The summed E-state index contributed by atoms with van der Waals surface area (Å²) in [4.78, 5) is 2.40. The number of hydrogen-bond donors (Lipinski definition) is 1. The van der Waals surface area contributed by atoms with Crippen molar-refractivity contribution in [3.63, 3.8) is 0 Å². The minimum Gasteiger partial charge on any atom is -0.228 e. The first-order valence-corrected chi connectivity index (χ1v) is 7.14. The third-order valence-corrected chi connectivity index (χ3v) is 4.56. The van der Waals surface area contributed by atoms with E-state index in [0.29, 0.717) is 0 Å². The summed E-state index contributed by atoms with van der Waals surface area (Å²) in [6.45, 7) is -0.165. The van der Waals surface area contributed by atoms with Gasteiger partial charge in [-0.1, -0.05) is 5.11 Å². The Kier molecular flexibility index (Phi) is 4.85. The second-order valence-electron chi connectivity index (χ2n) is 2.51. The zero-order valence-corrected chi connectivity index (χ0v) is 9.05. The van der Waals surface area contributed by atoms with Crippen LogP contribution in [0.5, 0.6) is 0 Å². The van der Waals surface area contributed by atoms with Gasteiger partial charge in [0.15, 0.2) is 14.9 Å². The van der Waals surface area contributed by atoms with Crippen LogP contribution in [-0.2, 0) is 19.9 Å². The molecule has 0 aliphatic heterocycles. The molecule has 0 aromatic rings. The third kappa shape index (κ3) is 7.80. The van der Waals surface area contributed by atoms with E-state index in [9.17, 15) is 16.8 Å². The highest BCUT2D eigenvalue weighted by molar-refractivity contribution is 8.06. The van der Waals surface area contributed by atoms with Gasteiger partial charge in [0.25, 0.3) is 0 Å². The van der Waals surface area contributed by atoms with Crippen LogP contribution in [-0.4, -0.2) is 41.3 Å². The van der Waals surface area contributed by atoms with Gasteiger partial charge < -0.3 is 0 Å². The fourth-order valence-corrected chi connectivity index (χ4v) is 3.61. The zero-order valence-electron chi connectivity index (χ0n) is 7.41. The van der Waals surface area contributed by atoms with Crippen LogP contribution in [0.1, 0.15) is 0 Å². The van der Waals surface area contributed by atoms with Gasteiger partial charge in [0, 0.05) is 24.3 Å². The molecule has 0 saturated carbocycles. The van der Waals surface area contributed by atoms with Crippen LogP contribution in [0.15, 0.2) is 5.11 Å². The lowest BCUT2D eigenvalue weighted by Crippen LogP contribution is -2.31. The molecular weight excluding hydrogens is 232 g/mol. The fourth-order valence-electron chi connectivity index (χ4n) is 0.619. The van der Waals surface area contributed by atoms with Crippen molar-refractivity contribution in [2.24, 2.45) is 5.11 Å². The first kappa shape index (κ1) is 13.2. The molecule has 0 fully saturated rings. The first-order chi connectivity index (χ1) is 6.27. The molecule has 10 heteroatoms. The molecule has 0 saturated heterocycles. The Labute approximate surface area is 81.9 Å². The first-order valence-electron chi connectivity index (χ1n) is 3.43. The SMILES string of the molecule is CS(=O)(=O)CS(=O)(=O)NCCN=[N+]=[N-]. The second-order valence-corrected chi connectivity index (χ2v) is 6.82. The van der Waals surface area contributed by atoms with Gasteiger partial charge in [-0.15, -0.1) is 0 Å². The molecule has 0 unspecified atom stereocenters. The molecular formula is C4H10N4O4S2. The van der Waals surface area contributed by atoms with Gasteiger partial charge in [0.1, 0.15) is 0 Å². The molecule has 0 heterocycles. The Morgan fingerprint density at radius 1 is 1.36 bits per heavy atom. The van der Waals surface area contributed by atoms with Crippen LogP contribution < -0.4 is 4.72 Å². The predicted molar refractivity (Wildman–Crippen MR) is 50.6 cm³/mol. The van der Waals surface area contributed by atoms with Crippen LogP contribution in [0.25, 0.3) is 10.4 Å². The third-order valence-electron chi connectivity index (χ3n) is 0.966. The smallest absolute Gasteiger partial charge is 0.226 e. The second kappa shape index (κ2) is 5.15. The standard InChI is InChI=1S/C4H10N4O4S2/c1-13(9,10)4-14(11,12)7-3-2-6-8-5/h7H,2-4H2,1H3. The van der Waals surface area contributed by atoms with Crippen molar-refractivity contribution in [1.29, 1.82) is 0 Å². The lowest BCUT2D eigenvalue weighted by atomic mass is 10.7. The Bertz CT molecular complexity index is 418. The van der Waals surface area contributed by atoms with Gasteiger partial charge in [-0.25, -0.2) is 21.6 Å². The molecule has 0 aliphatic carbocycles. The number of sulfonamides is 1. The summed E-state index contributed by atoms with van der Waals surface area (Å²) in [5, 5.41) is 2.11. The van der Waals surface area contributed by atoms with Crippen LogP contribution in [0.2, 0.25) is 0 Å². The molecule has 0 aliphatic rings. The lowest BCUT2D eigenvalue weighted by molar-refractivity contribution is 0.581. The summed E-state index contributed by atoms with van der Waals surface area (Å²) in [5.74, 6) is 0. The highest BCUT2D eigenvalue weighted by Crippen LogP contribution is 1.91. The molecule has 1 N–H and O–H groups in total. The van der Waals surface area contributed by atoms with Gasteiger partial charge in [0.05, 0.1) is 0 Å². The van der Waals surface area contributed by atoms with E-state index in [0.717, 1.165) is 6.26 Å². The van der Waals surface area contributed by atoms with Gasteiger partial charge in [-0.05, 0) is 5.53 Å². The summed E-state index contributed by atoms with van der Waals surface area (Å²) in [5.41, 5.74) is 7.87. The van der Waals surface area contributed by atoms with Crippen molar-refractivity contribution in [2.45, 2.75) is 0 Å². The highest BCUT2D eigenvalue weighted by Gasteiger charge is 2.16. The average molecular weight is 242 g/mol. The van der Waals surface area contributed by atoms with Crippen molar-refractivity contribution in [2.75, 3.05) is 24.4 Å². The van der Waals surface area contributed by atoms with Crippen molar-refractivity contribution in [3.05, 3.63) is 10.4 Å². The van der Waals surface area contributed by atoms with Crippen LogP contribution in [0.4, 0.5) is 0 Å². The van der Waals surface area contributed by atoms with E-state index in [1.165, 1.54) is 0 Å². The molecule has 0 rings (SSSR count). The van der Waals surface area contributed by atoms with E-state index in [2.05, 4.69) is 10.0 Å². The lowest BCUT2D eigenvalue weighted by Gasteiger charge is -2.02. The van der Waals surface area contributed by atoms with Crippen molar-refractivity contribution >= 4 is 19.9 Å². The van der Waals surface area contributed by atoms with Crippen molar-refractivity contribution in [1.82, 2.24) is 4.72 Å². The number of rotatable bonds is 6. The van der Waals surface area contributed by atoms with E-state index in [1.807, 2.05) is 4.72 Å². The number of nitrogens with one attached hydrogen (secondary N) is 1. The summed E-state index contributed by atoms with van der Waals surface area (Å²) in [7, 11) is -7.42. The van der Waals surface area contributed by atoms with Gasteiger partial charge in [-0.2, -0.15) is 0 Å². The number of azide groups is 1. The molecule has 8 nitrogen and oxygen atoms in total. The van der Waals surface area contributed by atoms with Crippen molar-refractivity contribution in [3.8, 4) is 0 Å². The maximum atomic E-state index is 11.0. The number of hydrogen-bond acceptors (Lipinski definition) is 5. The van der Waals surface area contributed by atoms with E-state index < -0.39 is 24.9 Å². The van der Waals surface area contributed by atoms with E-state index in [-0.39, 0.29) is 13.1 Å². The quantitative estimate of drug-likeness (QED) is 0.283. The van der Waals surface area contributed by atoms with Crippen LogP contribution >= 0.6 is 0 Å². The van der Waals surface area contributed by atoms with Gasteiger partial charge in [0.2, 0.25) is 10.0 Å². The number of sulfone groups is 1. The molecule has 14 heavy (non-hydrogen) atoms. The maximum Gasteiger partial charge on any atom is 0.226 e. The topological polar surface area (TPSA) is 129 Å². The summed E-state index contributed by atoms with van der Waals surface area (Å²) < 4.78 is 45.2. The van der Waals surface area contributed by atoms with Crippen molar-refractivity contribution < 1.29 is 16.8 Å². The summed E-state index contributed by atoms with van der Waals surface area (Å²) >= 11 is 0. The molecule has 0 amide bonds. The summed E-state index contributed by atoms with van der Waals surface area (Å²) in [6, 6.07) is 0. The van der Waals surface area contributed by atoms with E-state index in [1.54, 1.807) is 0 Å². The molecule has 0 aromatic carbocycles. The zero-order chi connectivity index (χ0) is 11.2. The largest absolute Gasteiger partial charge is 0.228 e. The van der Waals surface area contributed by atoms with Gasteiger partial charge >= 0.3 is 0 Å². The minimum atomic E-state index is -3.84. The monoisotopic (exact) mass is 242 g/mol. The molecule has 0 spiro atoms. The maximum absolute atomic E-state index is 11.0. The van der Waals surface area contributed by atoms with E-state index >= 15 is 0 Å². The van der Waals surface area contributed by atoms with Crippen LogP contribution in [0.3, 0.4) is 0 Å². The fraction of sp³-hybridized carbons (Fsp3) is 1.00. The average Bonchev–Trinajstić information content (AvgIpc) is 1.93. The minimum absolute atomic E-state index is 0.0561. The Hall–Kier alpha value is -0.830. The Morgan fingerprint density at radius 2 is 1.93 bits per heavy atom. The molecule has 0 bridgehead atoms. The Morgan fingerprint density at radius 3 is 2.36 bits per heavy atom. The van der Waals surface area contributed by atoms with Gasteiger partial charge in [-0.3, -0.25) is 0 Å². The molecule has 0 radical (unpaired) electrons. The predicted octanol–water partition coefficient (Wildman–Crippen LogP) is -0.782. The van der Waals surface area contributed by atoms with E-state index in [4.69, 9.17) is 5.53 Å².